The average Bonchev–Trinajstić information content (AvgIpc) is 3.25. The number of anilines is 1. The SMILES string of the molecule is CN(C)CCc1ccc(NC(=O)c2cnc(-c3cccs3)s2)cc1. The number of hydrogen-bond acceptors (Lipinski definition) is 5. The first-order valence-corrected chi connectivity index (χ1v) is 9.36. The van der Waals surface area contributed by atoms with E-state index in [9.17, 15) is 4.79 Å². The second-order valence-corrected chi connectivity index (χ2v) is 7.69. The Labute approximate surface area is 149 Å². The van der Waals surface area contributed by atoms with Crippen LogP contribution in [-0.4, -0.2) is 36.4 Å². The lowest BCUT2D eigenvalue weighted by atomic mass is 10.1. The fourth-order valence-corrected chi connectivity index (χ4v) is 3.81. The molecule has 3 rings (SSSR count). The Bertz CT molecular complexity index is 792. The highest BCUT2D eigenvalue weighted by Crippen LogP contribution is 2.29. The van der Waals surface area contributed by atoms with Gasteiger partial charge in [0.15, 0.2) is 0 Å². The lowest BCUT2D eigenvalue weighted by Crippen LogP contribution is -2.15. The minimum absolute atomic E-state index is 0.114. The Morgan fingerprint density at radius 1 is 1.21 bits per heavy atom. The fourth-order valence-electron chi connectivity index (χ4n) is 2.19. The summed E-state index contributed by atoms with van der Waals surface area (Å²) in [6, 6.07) is 12.0. The zero-order valence-corrected chi connectivity index (χ0v) is 15.3. The van der Waals surface area contributed by atoms with Gasteiger partial charge in [-0.15, -0.1) is 22.7 Å². The van der Waals surface area contributed by atoms with Crippen molar-refractivity contribution in [1.82, 2.24) is 9.88 Å². The lowest BCUT2D eigenvalue weighted by Gasteiger charge is -2.09. The molecule has 24 heavy (non-hydrogen) atoms. The number of nitrogens with zero attached hydrogens (tertiary/aromatic N) is 2. The Hall–Kier alpha value is -2.02. The molecule has 0 fully saturated rings. The molecular weight excluding hydrogens is 338 g/mol. The predicted octanol–water partition coefficient (Wildman–Crippen LogP) is 4.23. The quantitative estimate of drug-likeness (QED) is 0.718. The highest BCUT2D eigenvalue weighted by atomic mass is 32.1. The maximum absolute atomic E-state index is 12.4. The van der Waals surface area contributed by atoms with Gasteiger partial charge >= 0.3 is 0 Å². The molecule has 0 aliphatic carbocycles. The van der Waals surface area contributed by atoms with Gasteiger partial charge in [-0.1, -0.05) is 18.2 Å². The van der Waals surface area contributed by atoms with Crippen molar-refractivity contribution in [2.75, 3.05) is 26.0 Å². The second kappa shape index (κ2) is 7.70. The molecule has 6 heteroatoms. The summed E-state index contributed by atoms with van der Waals surface area (Å²) in [6.07, 6.45) is 2.64. The van der Waals surface area contributed by atoms with Gasteiger partial charge in [0.25, 0.3) is 5.91 Å². The highest BCUT2D eigenvalue weighted by molar-refractivity contribution is 7.22. The molecule has 2 heterocycles. The Morgan fingerprint density at radius 3 is 2.67 bits per heavy atom. The monoisotopic (exact) mass is 357 g/mol. The number of nitrogens with one attached hydrogen (secondary N) is 1. The van der Waals surface area contributed by atoms with Crippen LogP contribution in [0.2, 0.25) is 0 Å². The molecule has 0 bridgehead atoms. The van der Waals surface area contributed by atoms with Gasteiger partial charge in [0.05, 0.1) is 11.1 Å². The molecule has 1 aromatic carbocycles. The third-order valence-corrected chi connectivity index (χ3v) is 5.56. The third-order valence-electron chi connectivity index (χ3n) is 3.52. The maximum atomic E-state index is 12.4. The van der Waals surface area contributed by atoms with Crippen LogP contribution in [0, 0.1) is 0 Å². The number of amides is 1. The van der Waals surface area contributed by atoms with E-state index in [0.29, 0.717) is 4.88 Å². The lowest BCUT2D eigenvalue weighted by molar-refractivity contribution is 0.103. The summed E-state index contributed by atoms with van der Waals surface area (Å²) in [5, 5.41) is 5.83. The molecule has 1 N–H and O–H groups in total. The topological polar surface area (TPSA) is 45.2 Å². The smallest absolute Gasteiger partial charge is 0.267 e. The van der Waals surface area contributed by atoms with Gasteiger partial charge in [0.1, 0.15) is 9.88 Å². The molecule has 0 aliphatic heterocycles. The van der Waals surface area contributed by atoms with Crippen molar-refractivity contribution in [2.45, 2.75) is 6.42 Å². The van der Waals surface area contributed by atoms with Crippen molar-refractivity contribution in [2.24, 2.45) is 0 Å². The number of carbonyl (C=O) groups is 1. The van der Waals surface area contributed by atoms with E-state index in [1.807, 2.05) is 29.6 Å². The Morgan fingerprint density at radius 2 is 2.00 bits per heavy atom. The number of carbonyl (C=O) groups excluding carboxylic acids is 1. The molecule has 2 aromatic heterocycles. The van der Waals surface area contributed by atoms with Crippen molar-refractivity contribution in [1.29, 1.82) is 0 Å². The van der Waals surface area contributed by atoms with Crippen LogP contribution in [-0.2, 0) is 6.42 Å². The molecule has 0 saturated heterocycles. The molecule has 0 radical (unpaired) electrons. The number of aromatic nitrogens is 1. The van der Waals surface area contributed by atoms with E-state index < -0.39 is 0 Å². The summed E-state index contributed by atoms with van der Waals surface area (Å²) in [7, 11) is 4.13. The van der Waals surface area contributed by atoms with Crippen LogP contribution in [0.5, 0.6) is 0 Å². The van der Waals surface area contributed by atoms with Gasteiger partial charge < -0.3 is 10.2 Å². The first kappa shape index (κ1) is 16.8. The molecular formula is C18H19N3OS2. The normalized spacial score (nSPS) is 11.0. The van der Waals surface area contributed by atoms with Crippen molar-refractivity contribution in [3.63, 3.8) is 0 Å². The van der Waals surface area contributed by atoms with Gasteiger partial charge in [0.2, 0.25) is 0 Å². The van der Waals surface area contributed by atoms with Crippen LogP contribution in [0.15, 0.2) is 48.0 Å². The first-order valence-electron chi connectivity index (χ1n) is 7.66. The van der Waals surface area contributed by atoms with Crippen molar-refractivity contribution in [3.8, 4) is 9.88 Å². The average molecular weight is 358 g/mol. The molecule has 0 saturated carbocycles. The minimum atomic E-state index is -0.114. The van der Waals surface area contributed by atoms with Crippen LogP contribution in [0.1, 0.15) is 15.2 Å². The number of likely N-dealkylation sites (N-methyl/N-ethyl adjacent to an activating group) is 1. The summed E-state index contributed by atoms with van der Waals surface area (Å²) in [4.78, 5) is 20.6. The summed E-state index contributed by atoms with van der Waals surface area (Å²) >= 11 is 3.04. The summed E-state index contributed by atoms with van der Waals surface area (Å²) < 4.78 is 0. The van der Waals surface area contributed by atoms with Gasteiger partial charge in [-0.3, -0.25) is 4.79 Å². The molecule has 0 unspecified atom stereocenters. The van der Waals surface area contributed by atoms with E-state index in [-0.39, 0.29) is 5.91 Å². The van der Waals surface area contributed by atoms with E-state index in [2.05, 4.69) is 41.4 Å². The van der Waals surface area contributed by atoms with E-state index in [4.69, 9.17) is 0 Å². The number of thiophene rings is 1. The fraction of sp³-hybridized carbons (Fsp3) is 0.222. The summed E-state index contributed by atoms with van der Waals surface area (Å²) in [5.74, 6) is -0.114. The van der Waals surface area contributed by atoms with Crippen LogP contribution in [0.3, 0.4) is 0 Å². The number of thiazole rings is 1. The number of rotatable bonds is 6. The molecule has 3 aromatic rings. The predicted molar refractivity (Wildman–Crippen MR) is 102 cm³/mol. The molecule has 124 valence electrons. The molecule has 0 spiro atoms. The van der Waals surface area contributed by atoms with Crippen LogP contribution in [0.25, 0.3) is 9.88 Å². The Kier molecular flexibility index (Phi) is 5.40. The molecule has 0 atom stereocenters. The van der Waals surface area contributed by atoms with E-state index in [1.165, 1.54) is 16.9 Å². The van der Waals surface area contributed by atoms with Gasteiger partial charge in [-0.2, -0.15) is 0 Å². The largest absolute Gasteiger partial charge is 0.321 e. The molecule has 4 nitrogen and oxygen atoms in total. The van der Waals surface area contributed by atoms with E-state index in [0.717, 1.165) is 28.5 Å². The third kappa shape index (κ3) is 4.29. The van der Waals surface area contributed by atoms with Crippen molar-refractivity contribution in [3.05, 3.63) is 58.4 Å². The summed E-state index contributed by atoms with van der Waals surface area (Å²) in [5.41, 5.74) is 2.07. The minimum Gasteiger partial charge on any atom is -0.321 e. The van der Waals surface area contributed by atoms with Gasteiger partial charge in [0, 0.05) is 12.2 Å². The van der Waals surface area contributed by atoms with Crippen molar-refractivity contribution >= 4 is 34.3 Å². The van der Waals surface area contributed by atoms with E-state index >= 15 is 0 Å². The zero-order valence-electron chi connectivity index (χ0n) is 13.7. The second-order valence-electron chi connectivity index (χ2n) is 5.71. The first-order chi connectivity index (χ1) is 11.6. The van der Waals surface area contributed by atoms with E-state index in [1.54, 1.807) is 17.5 Å². The van der Waals surface area contributed by atoms with Crippen LogP contribution < -0.4 is 5.32 Å². The van der Waals surface area contributed by atoms with Gasteiger partial charge in [-0.25, -0.2) is 4.98 Å². The number of hydrogen-bond donors (Lipinski definition) is 1. The highest BCUT2D eigenvalue weighted by Gasteiger charge is 2.12. The Balaban J connectivity index is 1.62. The molecule has 0 aliphatic rings. The van der Waals surface area contributed by atoms with Crippen molar-refractivity contribution < 1.29 is 4.79 Å². The van der Waals surface area contributed by atoms with Gasteiger partial charge in [-0.05, 0) is 49.7 Å². The van der Waals surface area contributed by atoms with Crippen LogP contribution >= 0.6 is 22.7 Å². The van der Waals surface area contributed by atoms with Crippen LogP contribution in [0.4, 0.5) is 5.69 Å². The zero-order chi connectivity index (χ0) is 16.9. The number of benzene rings is 1. The molecule has 1 amide bonds. The summed E-state index contributed by atoms with van der Waals surface area (Å²) in [6.45, 7) is 1.01. The standard InChI is InChI=1S/C18H19N3OS2/c1-21(2)10-9-13-5-7-14(8-6-13)20-17(22)16-12-19-18(24-16)15-4-3-11-23-15/h3-8,11-12H,9-10H2,1-2H3,(H,20,22). The maximum Gasteiger partial charge on any atom is 0.267 e.